The quantitative estimate of drug-likeness (QED) is 0.717. The van der Waals surface area contributed by atoms with Gasteiger partial charge in [0, 0.05) is 13.0 Å². The van der Waals surface area contributed by atoms with Gasteiger partial charge in [-0.05, 0) is 13.3 Å². The maximum atomic E-state index is 13.3. The summed E-state index contributed by atoms with van der Waals surface area (Å²) in [6.45, 7) is 3.58. The number of likely N-dealkylation sites (tertiary alicyclic amines) is 1. The van der Waals surface area contributed by atoms with Crippen molar-refractivity contribution in [2.45, 2.75) is 44.0 Å². The SMILES string of the molecule is CCOC[C@@H]1CC(F)(F)CN1C(=O)[C@@H](Cl)CC. The predicted octanol–water partition coefficient (Wildman–Crippen LogP) is 2.28. The Morgan fingerprint density at radius 3 is 2.76 bits per heavy atom. The number of rotatable bonds is 5. The molecule has 2 atom stereocenters. The molecule has 0 aromatic carbocycles. The van der Waals surface area contributed by atoms with Crippen molar-refractivity contribution in [3.8, 4) is 0 Å². The first kappa shape index (κ1) is 14.6. The number of carbonyl (C=O) groups is 1. The minimum Gasteiger partial charge on any atom is -0.380 e. The van der Waals surface area contributed by atoms with Gasteiger partial charge in [0.1, 0.15) is 5.38 Å². The van der Waals surface area contributed by atoms with Gasteiger partial charge >= 0.3 is 0 Å². The van der Waals surface area contributed by atoms with Crippen LogP contribution >= 0.6 is 11.6 Å². The lowest BCUT2D eigenvalue weighted by atomic mass is 10.2. The smallest absolute Gasteiger partial charge is 0.267 e. The van der Waals surface area contributed by atoms with E-state index in [9.17, 15) is 13.6 Å². The molecule has 17 heavy (non-hydrogen) atoms. The normalized spacial score (nSPS) is 25.0. The van der Waals surface area contributed by atoms with Crippen molar-refractivity contribution in [2.24, 2.45) is 0 Å². The summed E-state index contributed by atoms with van der Waals surface area (Å²) in [5.74, 6) is -3.25. The monoisotopic (exact) mass is 269 g/mol. The molecular formula is C11H18ClF2NO2. The van der Waals surface area contributed by atoms with Gasteiger partial charge in [-0.15, -0.1) is 11.6 Å². The summed E-state index contributed by atoms with van der Waals surface area (Å²) in [6.07, 6.45) is 0.0931. The zero-order valence-corrected chi connectivity index (χ0v) is 10.8. The standard InChI is InChI=1S/C11H18ClF2NO2/c1-3-9(12)10(16)15-7-11(13,14)5-8(15)6-17-4-2/h8-9H,3-7H2,1-2H3/t8-,9-/m0/s1. The average molecular weight is 270 g/mol. The van der Waals surface area contributed by atoms with Crippen LogP contribution in [0.4, 0.5) is 8.78 Å². The lowest BCUT2D eigenvalue weighted by molar-refractivity contribution is -0.133. The Bertz CT molecular complexity index is 276. The summed E-state index contributed by atoms with van der Waals surface area (Å²) in [5, 5.41) is -0.729. The van der Waals surface area contributed by atoms with E-state index in [2.05, 4.69) is 0 Å². The molecule has 0 aromatic heterocycles. The van der Waals surface area contributed by atoms with Gasteiger partial charge in [0.25, 0.3) is 5.92 Å². The molecule has 1 aliphatic rings. The molecule has 100 valence electrons. The Hall–Kier alpha value is -0.420. The molecule has 1 saturated heterocycles. The fourth-order valence-corrected chi connectivity index (χ4v) is 2.04. The minimum atomic E-state index is -2.83. The van der Waals surface area contributed by atoms with Crippen molar-refractivity contribution >= 4 is 17.5 Å². The number of nitrogens with zero attached hydrogens (tertiary/aromatic N) is 1. The molecule has 0 aromatic rings. The van der Waals surface area contributed by atoms with Crippen LogP contribution in [0.25, 0.3) is 0 Å². The van der Waals surface area contributed by atoms with Crippen LogP contribution in [0.15, 0.2) is 0 Å². The molecule has 0 saturated carbocycles. The zero-order chi connectivity index (χ0) is 13.1. The summed E-state index contributed by atoms with van der Waals surface area (Å²) < 4.78 is 31.7. The molecule has 0 unspecified atom stereocenters. The maximum Gasteiger partial charge on any atom is 0.267 e. The second-order valence-corrected chi connectivity index (χ2v) is 4.74. The van der Waals surface area contributed by atoms with Crippen molar-refractivity contribution in [1.29, 1.82) is 0 Å². The van der Waals surface area contributed by atoms with Crippen molar-refractivity contribution in [3.05, 3.63) is 0 Å². The van der Waals surface area contributed by atoms with Gasteiger partial charge < -0.3 is 9.64 Å². The number of alkyl halides is 3. The Kier molecular flexibility index (Phi) is 5.13. The summed E-state index contributed by atoms with van der Waals surface area (Å²) in [5.41, 5.74) is 0. The van der Waals surface area contributed by atoms with Crippen LogP contribution in [0.2, 0.25) is 0 Å². The minimum absolute atomic E-state index is 0.144. The van der Waals surface area contributed by atoms with Crippen LogP contribution in [0.3, 0.4) is 0 Å². The molecule has 0 aliphatic carbocycles. The van der Waals surface area contributed by atoms with Gasteiger partial charge in [0.05, 0.1) is 19.2 Å². The van der Waals surface area contributed by atoms with Crippen molar-refractivity contribution in [3.63, 3.8) is 0 Å². The number of hydrogen-bond donors (Lipinski definition) is 0. The molecule has 1 amide bonds. The highest BCUT2D eigenvalue weighted by atomic mass is 35.5. The summed E-state index contributed by atoms with van der Waals surface area (Å²) in [6, 6.07) is -0.565. The van der Waals surface area contributed by atoms with Crippen LogP contribution in [-0.2, 0) is 9.53 Å². The first-order chi connectivity index (χ1) is 7.91. The van der Waals surface area contributed by atoms with Crippen LogP contribution in [-0.4, -0.2) is 47.9 Å². The molecule has 1 rings (SSSR count). The lowest BCUT2D eigenvalue weighted by Gasteiger charge is -2.25. The predicted molar refractivity (Wildman–Crippen MR) is 61.5 cm³/mol. The van der Waals surface area contributed by atoms with Gasteiger partial charge in [-0.2, -0.15) is 0 Å². The van der Waals surface area contributed by atoms with Gasteiger partial charge in [0.15, 0.2) is 0 Å². The molecule has 0 radical (unpaired) electrons. The fourth-order valence-electron chi connectivity index (χ4n) is 1.91. The van der Waals surface area contributed by atoms with Crippen molar-refractivity contribution in [1.82, 2.24) is 4.90 Å². The van der Waals surface area contributed by atoms with Crippen molar-refractivity contribution in [2.75, 3.05) is 19.8 Å². The summed E-state index contributed by atoms with van der Waals surface area (Å²) in [7, 11) is 0. The molecule has 0 spiro atoms. The van der Waals surface area contributed by atoms with E-state index in [0.29, 0.717) is 13.0 Å². The number of hydrogen-bond acceptors (Lipinski definition) is 2. The number of ether oxygens (including phenoxy) is 1. The topological polar surface area (TPSA) is 29.5 Å². The fraction of sp³-hybridized carbons (Fsp3) is 0.909. The molecule has 0 N–H and O–H groups in total. The largest absolute Gasteiger partial charge is 0.380 e. The third-order valence-corrected chi connectivity index (χ3v) is 3.30. The molecule has 6 heteroatoms. The maximum absolute atomic E-state index is 13.3. The molecule has 1 aliphatic heterocycles. The van der Waals surface area contributed by atoms with Gasteiger partial charge in [0.2, 0.25) is 5.91 Å². The van der Waals surface area contributed by atoms with E-state index >= 15 is 0 Å². The average Bonchev–Trinajstić information content (AvgIpc) is 2.59. The first-order valence-electron chi connectivity index (χ1n) is 5.81. The van der Waals surface area contributed by atoms with Gasteiger partial charge in [-0.1, -0.05) is 6.92 Å². The zero-order valence-electron chi connectivity index (χ0n) is 10.1. The van der Waals surface area contributed by atoms with E-state index in [-0.39, 0.29) is 13.0 Å². The van der Waals surface area contributed by atoms with E-state index in [1.165, 1.54) is 0 Å². The molecular weight excluding hydrogens is 252 g/mol. The van der Waals surface area contributed by atoms with E-state index in [1.54, 1.807) is 13.8 Å². The van der Waals surface area contributed by atoms with Crippen LogP contribution in [0.1, 0.15) is 26.7 Å². The van der Waals surface area contributed by atoms with Crippen molar-refractivity contribution < 1.29 is 18.3 Å². The van der Waals surface area contributed by atoms with E-state index in [0.717, 1.165) is 4.90 Å². The van der Waals surface area contributed by atoms with E-state index in [4.69, 9.17) is 16.3 Å². The van der Waals surface area contributed by atoms with Crippen LogP contribution in [0, 0.1) is 0 Å². The van der Waals surface area contributed by atoms with Crippen LogP contribution in [0.5, 0.6) is 0 Å². The van der Waals surface area contributed by atoms with Crippen LogP contribution < -0.4 is 0 Å². The highest BCUT2D eigenvalue weighted by molar-refractivity contribution is 6.30. The Morgan fingerprint density at radius 1 is 1.59 bits per heavy atom. The Morgan fingerprint density at radius 2 is 2.24 bits per heavy atom. The third kappa shape index (κ3) is 3.78. The van der Waals surface area contributed by atoms with E-state index < -0.39 is 29.8 Å². The molecule has 1 fully saturated rings. The molecule has 0 bridgehead atoms. The van der Waals surface area contributed by atoms with Gasteiger partial charge in [-0.25, -0.2) is 8.78 Å². The number of halogens is 3. The van der Waals surface area contributed by atoms with E-state index in [1.807, 2.05) is 0 Å². The summed E-state index contributed by atoms with van der Waals surface area (Å²) >= 11 is 5.81. The first-order valence-corrected chi connectivity index (χ1v) is 6.25. The molecule has 1 heterocycles. The lowest BCUT2D eigenvalue weighted by Crippen LogP contribution is -2.42. The highest BCUT2D eigenvalue weighted by Crippen LogP contribution is 2.33. The Balaban J connectivity index is 2.69. The second-order valence-electron chi connectivity index (χ2n) is 4.22. The second kappa shape index (κ2) is 5.96. The number of amides is 1. The summed E-state index contributed by atoms with van der Waals surface area (Å²) in [4.78, 5) is 13.0. The van der Waals surface area contributed by atoms with Gasteiger partial charge in [-0.3, -0.25) is 4.79 Å². The third-order valence-electron chi connectivity index (χ3n) is 2.80. The highest BCUT2D eigenvalue weighted by Gasteiger charge is 2.47. The number of carbonyl (C=O) groups excluding carboxylic acids is 1. The molecule has 3 nitrogen and oxygen atoms in total. The Labute approximate surface area is 105 Å².